The molecule has 72 valence electrons. The van der Waals surface area contributed by atoms with Gasteiger partial charge in [0.05, 0.1) is 0 Å². The van der Waals surface area contributed by atoms with Crippen LogP contribution in [0.25, 0.3) is 0 Å². The van der Waals surface area contributed by atoms with Crippen LogP contribution < -0.4 is 11.1 Å². The fourth-order valence-corrected chi connectivity index (χ4v) is 0.924. The highest BCUT2D eigenvalue weighted by Gasteiger charge is 2.14. The Labute approximate surface area is 78.6 Å². The van der Waals surface area contributed by atoms with E-state index in [-0.39, 0.29) is 5.54 Å². The lowest BCUT2D eigenvalue weighted by Gasteiger charge is -2.24. The molecular weight excluding hydrogens is 164 g/mol. The molecule has 0 aliphatic carbocycles. The van der Waals surface area contributed by atoms with E-state index in [0.29, 0.717) is 6.54 Å². The molecule has 1 aromatic rings. The molecule has 4 heteroatoms. The van der Waals surface area contributed by atoms with Crippen molar-refractivity contribution in [3.63, 3.8) is 0 Å². The standard InChI is InChI=1S/C9H16N4/c1-7-11-5-4-8(12-7)13-9(2,3)6-10/h4-5H,6,10H2,1-3H3,(H,11,12,13). The van der Waals surface area contributed by atoms with Crippen molar-refractivity contribution in [3.8, 4) is 0 Å². The van der Waals surface area contributed by atoms with E-state index in [0.717, 1.165) is 11.6 Å². The lowest BCUT2D eigenvalue weighted by Crippen LogP contribution is -2.39. The predicted octanol–water partition coefficient (Wildman–Crippen LogP) is 0.934. The van der Waals surface area contributed by atoms with Gasteiger partial charge in [-0.05, 0) is 26.8 Å². The first-order valence-corrected chi connectivity index (χ1v) is 4.31. The minimum atomic E-state index is -0.124. The predicted molar refractivity (Wildman–Crippen MR) is 53.5 cm³/mol. The van der Waals surface area contributed by atoms with Crippen molar-refractivity contribution in [1.29, 1.82) is 0 Å². The van der Waals surface area contributed by atoms with Crippen molar-refractivity contribution < 1.29 is 0 Å². The van der Waals surface area contributed by atoms with Crippen LogP contribution in [0.2, 0.25) is 0 Å². The van der Waals surface area contributed by atoms with Gasteiger partial charge in [-0.1, -0.05) is 0 Å². The van der Waals surface area contributed by atoms with Crippen LogP contribution in [-0.4, -0.2) is 22.1 Å². The second kappa shape index (κ2) is 3.70. The van der Waals surface area contributed by atoms with E-state index in [9.17, 15) is 0 Å². The monoisotopic (exact) mass is 180 g/mol. The molecule has 0 aromatic carbocycles. The third kappa shape index (κ3) is 2.99. The molecule has 1 aromatic heterocycles. The Bertz CT molecular complexity index is 283. The molecular formula is C9H16N4. The van der Waals surface area contributed by atoms with Crippen molar-refractivity contribution in [1.82, 2.24) is 9.97 Å². The summed E-state index contributed by atoms with van der Waals surface area (Å²) in [6.07, 6.45) is 1.73. The summed E-state index contributed by atoms with van der Waals surface area (Å²) in [4.78, 5) is 8.24. The number of aryl methyl sites for hydroxylation is 1. The number of rotatable bonds is 3. The fraction of sp³-hybridized carbons (Fsp3) is 0.556. The maximum Gasteiger partial charge on any atom is 0.130 e. The van der Waals surface area contributed by atoms with Crippen LogP contribution in [0.4, 0.5) is 5.82 Å². The first kappa shape index (κ1) is 9.92. The van der Waals surface area contributed by atoms with Crippen molar-refractivity contribution in [2.45, 2.75) is 26.3 Å². The van der Waals surface area contributed by atoms with E-state index in [2.05, 4.69) is 15.3 Å². The van der Waals surface area contributed by atoms with Crippen molar-refractivity contribution >= 4 is 5.82 Å². The van der Waals surface area contributed by atoms with Crippen molar-refractivity contribution in [3.05, 3.63) is 18.1 Å². The Balaban J connectivity index is 2.74. The van der Waals surface area contributed by atoms with Crippen LogP contribution in [0.5, 0.6) is 0 Å². The minimum Gasteiger partial charge on any atom is -0.364 e. The summed E-state index contributed by atoms with van der Waals surface area (Å²) in [5.41, 5.74) is 5.46. The first-order chi connectivity index (χ1) is 6.03. The topological polar surface area (TPSA) is 63.8 Å². The molecule has 0 saturated carbocycles. The van der Waals surface area contributed by atoms with Gasteiger partial charge in [-0.15, -0.1) is 0 Å². The summed E-state index contributed by atoms with van der Waals surface area (Å²) in [6.45, 7) is 6.49. The van der Waals surface area contributed by atoms with Crippen molar-refractivity contribution in [2.75, 3.05) is 11.9 Å². The first-order valence-electron chi connectivity index (χ1n) is 4.31. The molecule has 0 fully saturated rings. The Kier molecular flexibility index (Phi) is 2.83. The summed E-state index contributed by atoms with van der Waals surface area (Å²) in [6, 6.07) is 1.84. The highest BCUT2D eigenvalue weighted by Crippen LogP contribution is 2.10. The van der Waals surface area contributed by atoms with E-state index in [4.69, 9.17) is 5.73 Å². The van der Waals surface area contributed by atoms with E-state index in [1.165, 1.54) is 0 Å². The smallest absolute Gasteiger partial charge is 0.130 e. The highest BCUT2D eigenvalue weighted by atomic mass is 15.1. The second-order valence-corrected chi connectivity index (χ2v) is 3.70. The van der Waals surface area contributed by atoms with Gasteiger partial charge in [-0.25, -0.2) is 9.97 Å². The third-order valence-corrected chi connectivity index (χ3v) is 1.75. The van der Waals surface area contributed by atoms with Gasteiger partial charge in [0.1, 0.15) is 11.6 Å². The van der Waals surface area contributed by atoms with Gasteiger partial charge < -0.3 is 11.1 Å². The van der Waals surface area contributed by atoms with Crippen LogP contribution in [0.15, 0.2) is 12.3 Å². The molecule has 0 saturated heterocycles. The number of nitrogens with zero attached hydrogens (tertiary/aromatic N) is 2. The molecule has 3 N–H and O–H groups in total. The largest absolute Gasteiger partial charge is 0.364 e. The number of nitrogens with two attached hydrogens (primary N) is 1. The summed E-state index contributed by atoms with van der Waals surface area (Å²) < 4.78 is 0. The number of aromatic nitrogens is 2. The van der Waals surface area contributed by atoms with Crippen LogP contribution in [0.1, 0.15) is 19.7 Å². The van der Waals surface area contributed by atoms with E-state index < -0.39 is 0 Å². The zero-order valence-electron chi connectivity index (χ0n) is 8.33. The van der Waals surface area contributed by atoms with E-state index >= 15 is 0 Å². The number of hydrogen-bond donors (Lipinski definition) is 2. The average molecular weight is 180 g/mol. The molecule has 0 aliphatic rings. The van der Waals surface area contributed by atoms with Gasteiger partial charge in [0.25, 0.3) is 0 Å². The molecule has 1 heterocycles. The Hall–Kier alpha value is -1.16. The third-order valence-electron chi connectivity index (χ3n) is 1.75. The molecule has 0 amide bonds. The van der Waals surface area contributed by atoms with Gasteiger partial charge in [-0.3, -0.25) is 0 Å². The average Bonchev–Trinajstić information content (AvgIpc) is 2.03. The zero-order chi connectivity index (χ0) is 9.90. The lowest BCUT2D eigenvalue weighted by atomic mass is 10.1. The fourth-order valence-electron chi connectivity index (χ4n) is 0.924. The van der Waals surface area contributed by atoms with Crippen LogP contribution >= 0.6 is 0 Å². The quantitative estimate of drug-likeness (QED) is 0.726. The molecule has 0 unspecified atom stereocenters. The van der Waals surface area contributed by atoms with Gasteiger partial charge in [0, 0.05) is 18.3 Å². The molecule has 4 nitrogen and oxygen atoms in total. The Morgan fingerprint density at radius 2 is 2.23 bits per heavy atom. The number of nitrogens with one attached hydrogen (secondary N) is 1. The molecule has 0 radical (unpaired) electrons. The Morgan fingerprint density at radius 1 is 1.54 bits per heavy atom. The molecule has 13 heavy (non-hydrogen) atoms. The van der Waals surface area contributed by atoms with E-state index in [1.54, 1.807) is 6.20 Å². The second-order valence-electron chi connectivity index (χ2n) is 3.70. The van der Waals surface area contributed by atoms with Gasteiger partial charge in [0.15, 0.2) is 0 Å². The van der Waals surface area contributed by atoms with Crippen LogP contribution in [-0.2, 0) is 0 Å². The molecule has 0 bridgehead atoms. The van der Waals surface area contributed by atoms with Crippen LogP contribution in [0, 0.1) is 6.92 Å². The summed E-state index contributed by atoms with van der Waals surface area (Å²) in [7, 11) is 0. The molecule has 0 spiro atoms. The molecule has 1 rings (SSSR count). The van der Waals surface area contributed by atoms with E-state index in [1.807, 2.05) is 26.8 Å². The summed E-state index contributed by atoms with van der Waals surface area (Å²) in [5.74, 6) is 1.58. The lowest BCUT2D eigenvalue weighted by molar-refractivity contribution is 0.577. The maximum atomic E-state index is 5.59. The van der Waals surface area contributed by atoms with Crippen molar-refractivity contribution in [2.24, 2.45) is 5.73 Å². The van der Waals surface area contributed by atoms with Gasteiger partial charge in [-0.2, -0.15) is 0 Å². The van der Waals surface area contributed by atoms with Gasteiger partial charge >= 0.3 is 0 Å². The van der Waals surface area contributed by atoms with Crippen LogP contribution in [0.3, 0.4) is 0 Å². The number of hydrogen-bond acceptors (Lipinski definition) is 4. The number of anilines is 1. The maximum absolute atomic E-state index is 5.59. The molecule has 0 aliphatic heterocycles. The summed E-state index contributed by atoms with van der Waals surface area (Å²) in [5, 5.41) is 3.23. The highest BCUT2D eigenvalue weighted by molar-refractivity contribution is 5.36. The minimum absolute atomic E-state index is 0.124. The summed E-state index contributed by atoms with van der Waals surface area (Å²) >= 11 is 0. The van der Waals surface area contributed by atoms with Gasteiger partial charge in [0.2, 0.25) is 0 Å². The zero-order valence-corrected chi connectivity index (χ0v) is 8.33. The normalized spacial score (nSPS) is 11.4. The SMILES string of the molecule is Cc1nccc(NC(C)(C)CN)n1. The Morgan fingerprint density at radius 3 is 2.77 bits per heavy atom. The molecule has 0 atom stereocenters.